The summed E-state index contributed by atoms with van der Waals surface area (Å²) in [6.45, 7) is 6.91. The first kappa shape index (κ1) is 14.3. The van der Waals surface area contributed by atoms with E-state index in [-0.39, 0.29) is 12.4 Å². The minimum Gasteiger partial charge on any atom is -0.480 e. The van der Waals surface area contributed by atoms with Crippen molar-refractivity contribution >= 4 is 11.8 Å². The number of nitrogens with zero attached hydrogens (tertiary/aromatic N) is 3. The summed E-state index contributed by atoms with van der Waals surface area (Å²) in [5.74, 6) is -1.53. The van der Waals surface area contributed by atoms with E-state index in [4.69, 9.17) is 5.11 Å². The van der Waals surface area contributed by atoms with Crippen LogP contribution in [0, 0.1) is 5.82 Å². The standard InChI is InChI=1S/C12H18FN3O2/c1-5-8-10(13)11(15-7-14-8)16(6-9(17)18)12(2,3)4/h7H,5-6H2,1-4H3,(H,17,18). The zero-order valence-electron chi connectivity index (χ0n) is 11.1. The van der Waals surface area contributed by atoms with E-state index < -0.39 is 17.3 Å². The Morgan fingerprint density at radius 1 is 1.44 bits per heavy atom. The minimum atomic E-state index is -1.03. The van der Waals surface area contributed by atoms with Gasteiger partial charge in [0.05, 0.1) is 5.69 Å². The summed E-state index contributed by atoms with van der Waals surface area (Å²) >= 11 is 0. The van der Waals surface area contributed by atoms with E-state index in [1.165, 1.54) is 11.2 Å². The summed E-state index contributed by atoms with van der Waals surface area (Å²) in [4.78, 5) is 20.0. The molecule has 1 N–H and O–H groups in total. The maximum atomic E-state index is 14.1. The average Bonchev–Trinajstić information content (AvgIpc) is 2.25. The molecule has 0 radical (unpaired) electrons. The van der Waals surface area contributed by atoms with E-state index >= 15 is 0 Å². The van der Waals surface area contributed by atoms with Crippen LogP contribution < -0.4 is 4.90 Å². The van der Waals surface area contributed by atoms with Crippen molar-refractivity contribution < 1.29 is 14.3 Å². The van der Waals surface area contributed by atoms with Crippen molar-refractivity contribution in [3.8, 4) is 0 Å². The minimum absolute atomic E-state index is 0.0387. The Labute approximate surface area is 106 Å². The van der Waals surface area contributed by atoms with Gasteiger partial charge in [0.25, 0.3) is 0 Å². The van der Waals surface area contributed by atoms with Gasteiger partial charge in [-0.3, -0.25) is 4.79 Å². The number of anilines is 1. The van der Waals surface area contributed by atoms with Gasteiger partial charge < -0.3 is 10.0 Å². The Hall–Kier alpha value is -1.72. The predicted octanol–water partition coefficient (Wildman–Crippen LogP) is 1.87. The Morgan fingerprint density at radius 2 is 2.06 bits per heavy atom. The highest BCUT2D eigenvalue weighted by atomic mass is 19.1. The molecule has 1 rings (SSSR count). The fourth-order valence-corrected chi connectivity index (χ4v) is 1.60. The van der Waals surface area contributed by atoms with Crippen molar-refractivity contribution in [2.45, 2.75) is 39.7 Å². The topological polar surface area (TPSA) is 66.3 Å². The molecule has 0 fully saturated rings. The molecular formula is C12H18FN3O2. The number of hydrogen-bond donors (Lipinski definition) is 1. The monoisotopic (exact) mass is 255 g/mol. The van der Waals surface area contributed by atoms with Crippen molar-refractivity contribution in [2.75, 3.05) is 11.4 Å². The number of aryl methyl sites for hydroxylation is 1. The number of carboxylic acid groups (broad SMARTS) is 1. The molecule has 0 spiro atoms. The average molecular weight is 255 g/mol. The smallest absolute Gasteiger partial charge is 0.323 e. The van der Waals surface area contributed by atoms with Crippen LogP contribution in [0.25, 0.3) is 0 Å². The quantitative estimate of drug-likeness (QED) is 0.889. The van der Waals surface area contributed by atoms with Gasteiger partial charge in [0.2, 0.25) is 0 Å². The Kier molecular flexibility index (Phi) is 4.21. The second-order valence-electron chi connectivity index (χ2n) is 4.96. The first-order chi connectivity index (χ1) is 8.27. The molecule has 0 amide bonds. The van der Waals surface area contributed by atoms with Crippen LogP contribution in [0.2, 0.25) is 0 Å². The number of halogens is 1. The van der Waals surface area contributed by atoms with Gasteiger partial charge in [-0.1, -0.05) is 6.92 Å². The molecule has 0 bridgehead atoms. The second kappa shape index (κ2) is 5.29. The van der Waals surface area contributed by atoms with Gasteiger partial charge in [0, 0.05) is 5.54 Å². The van der Waals surface area contributed by atoms with Gasteiger partial charge in [-0.25, -0.2) is 14.4 Å². The molecular weight excluding hydrogens is 237 g/mol. The van der Waals surface area contributed by atoms with Crippen molar-refractivity contribution in [3.63, 3.8) is 0 Å². The molecule has 6 heteroatoms. The van der Waals surface area contributed by atoms with Crippen LogP contribution in [0.3, 0.4) is 0 Å². The molecule has 100 valence electrons. The maximum Gasteiger partial charge on any atom is 0.323 e. The molecule has 0 aliphatic carbocycles. The number of carbonyl (C=O) groups is 1. The third-order valence-corrected chi connectivity index (χ3v) is 2.54. The van der Waals surface area contributed by atoms with E-state index in [1.807, 2.05) is 20.8 Å². The van der Waals surface area contributed by atoms with Crippen LogP contribution in [-0.2, 0) is 11.2 Å². The summed E-state index contributed by atoms with van der Waals surface area (Å²) in [5, 5.41) is 8.92. The van der Waals surface area contributed by atoms with Crippen molar-refractivity contribution in [1.29, 1.82) is 0 Å². The largest absolute Gasteiger partial charge is 0.480 e. The molecule has 0 aliphatic rings. The lowest BCUT2D eigenvalue weighted by atomic mass is 10.1. The van der Waals surface area contributed by atoms with Crippen LogP contribution in [0.4, 0.5) is 10.2 Å². The molecule has 18 heavy (non-hydrogen) atoms. The van der Waals surface area contributed by atoms with Crippen molar-refractivity contribution in [2.24, 2.45) is 0 Å². The molecule has 1 aromatic rings. The van der Waals surface area contributed by atoms with E-state index in [9.17, 15) is 9.18 Å². The number of aliphatic carboxylic acids is 1. The SMILES string of the molecule is CCc1ncnc(N(CC(=O)O)C(C)(C)C)c1F. The third kappa shape index (κ3) is 3.15. The highest BCUT2D eigenvalue weighted by Crippen LogP contribution is 2.25. The summed E-state index contributed by atoms with van der Waals surface area (Å²) in [5.41, 5.74) is -0.252. The molecule has 0 saturated carbocycles. The van der Waals surface area contributed by atoms with E-state index in [1.54, 1.807) is 6.92 Å². The zero-order chi connectivity index (χ0) is 13.9. The third-order valence-electron chi connectivity index (χ3n) is 2.54. The Bertz CT molecular complexity index is 443. The van der Waals surface area contributed by atoms with Crippen molar-refractivity contribution in [1.82, 2.24) is 9.97 Å². The molecule has 1 aromatic heterocycles. The van der Waals surface area contributed by atoms with Crippen molar-refractivity contribution in [3.05, 3.63) is 17.8 Å². The maximum absolute atomic E-state index is 14.1. The Morgan fingerprint density at radius 3 is 2.50 bits per heavy atom. The lowest BCUT2D eigenvalue weighted by molar-refractivity contribution is -0.135. The fourth-order valence-electron chi connectivity index (χ4n) is 1.60. The van der Waals surface area contributed by atoms with Gasteiger partial charge in [-0.15, -0.1) is 0 Å². The normalized spacial score (nSPS) is 11.4. The van der Waals surface area contributed by atoms with Crippen LogP contribution in [-0.4, -0.2) is 33.1 Å². The molecule has 0 aliphatic heterocycles. The first-order valence-electron chi connectivity index (χ1n) is 5.76. The van der Waals surface area contributed by atoms with E-state index in [2.05, 4.69) is 9.97 Å². The number of hydrogen-bond acceptors (Lipinski definition) is 4. The zero-order valence-corrected chi connectivity index (χ0v) is 11.1. The van der Waals surface area contributed by atoms with E-state index in [0.29, 0.717) is 12.1 Å². The summed E-state index contributed by atoms with van der Waals surface area (Å²) in [6.07, 6.45) is 1.70. The lowest BCUT2D eigenvalue weighted by Gasteiger charge is -2.35. The molecule has 0 atom stereocenters. The van der Waals surface area contributed by atoms with E-state index in [0.717, 1.165) is 0 Å². The predicted molar refractivity (Wildman–Crippen MR) is 66.1 cm³/mol. The van der Waals surface area contributed by atoms with Gasteiger partial charge in [-0.2, -0.15) is 0 Å². The highest BCUT2D eigenvalue weighted by Gasteiger charge is 2.28. The van der Waals surface area contributed by atoms with Gasteiger partial charge in [0.15, 0.2) is 11.6 Å². The molecule has 0 unspecified atom stereocenters. The second-order valence-corrected chi connectivity index (χ2v) is 4.96. The van der Waals surface area contributed by atoms with Crippen LogP contribution in [0.15, 0.2) is 6.33 Å². The van der Waals surface area contributed by atoms with Gasteiger partial charge >= 0.3 is 5.97 Å². The molecule has 1 heterocycles. The van der Waals surface area contributed by atoms with Crippen LogP contribution in [0.1, 0.15) is 33.4 Å². The molecule has 0 aromatic carbocycles. The van der Waals surface area contributed by atoms with Crippen LogP contribution in [0.5, 0.6) is 0 Å². The summed E-state index contributed by atoms with van der Waals surface area (Å²) < 4.78 is 14.1. The highest BCUT2D eigenvalue weighted by molar-refractivity contribution is 5.73. The summed E-state index contributed by atoms with van der Waals surface area (Å²) in [7, 11) is 0. The molecule has 0 saturated heterocycles. The molecule has 5 nitrogen and oxygen atoms in total. The summed E-state index contributed by atoms with van der Waals surface area (Å²) in [6, 6.07) is 0. The first-order valence-corrected chi connectivity index (χ1v) is 5.76. The lowest BCUT2D eigenvalue weighted by Crippen LogP contribution is -2.45. The van der Waals surface area contributed by atoms with Gasteiger partial charge in [-0.05, 0) is 27.2 Å². The number of rotatable bonds is 4. The van der Waals surface area contributed by atoms with Gasteiger partial charge in [0.1, 0.15) is 12.9 Å². The number of aromatic nitrogens is 2. The van der Waals surface area contributed by atoms with Crippen LogP contribution >= 0.6 is 0 Å². The fraction of sp³-hybridized carbons (Fsp3) is 0.583. The Balaban J connectivity index is 3.25. The number of carboxylic acids is 1.